The molecule has 1 amide bonds. The zero-order valence-electron chi connectivity index (χ0n) is 12.7. The normalized spacial score (nSPS) is 12.0. The first-order valence-corrected chi connectivity index (χ1v) is 7.15. The maximum absolute atomic E-state index is 11.9. The molecule has 0 fully saturated rings. The number of carboxylic acid groups (broad SMARTS) is 1. The molecule has 0 spiro atoms. The van der Waals surface area contributed by atoms with Crippen molar-refractivity contribution < 1.29 is 19.8 Å². The van der Waals surface area contributed by atoms with E-state index in [9.17, 15) is 14.7 Å². The van der Waals surface area contributed by atoms with Gasteiger partial charge < -0.3 is 15.9 Å². The van der Waals surface area contributed by atoms with E-state index in [1.165, 1.54) is 30.5 Å². The Morgan fingerprint density at radius 2 is 1.75 bits per heavy atom. The summed E-state index contributed by atoms with van der Waals surface area (Å²) in [4.78, 5) is 22.6. The fourth-order valence-corrected chi connectivity index (χ4v) is 1.94. The average molecular weight is 327 g/mol. The van der Waals surface area contributed by atoms with Gasteiger partial charge in [-0.1, -0.05) is 24.3 Å². The smallest absolute Gasteiger partial charge is 0.335 e. The molecule has 24 heavy (non-hydrogen) atoms. The van der Waals surface area contributed by atoms with Crippen LogP contribution in [0, 0.1) is 0 Å². The number of benzene rings is 2. The van der Waals surface area contributed by atoms with Crippen molar-refractivity contribution in [3.63, 3.8) is 0 Å². The number of aromatic hydroxyl groups is 1. The highest BCUT2D eigenvalue weighted by atomic mass is 16.4. The molecule has 2 aromatic rings. The lowest BCUT2D eigenvalue weighted by Gasteiger charge is -2.09. The Balaban J connectivity index is 1.87. The summed E-state index contributed by atoms with van der Waals surface area (Å²) in [5.41, 5.74) is 9.79. The van der Waals surface area contributed by atoms with Gasteiger partial charge in [0.1, 0.15) is 5.75 Å². The van der Waals surface area contributed by atoms with E-state index in [0.717, 1.165) is 5.56 Å². The van der Waals surface area contributed by atoms with Crippen LogP contribution in [0.15, 0.2) is 53.6 Å². The van der Waals surface area contributed by atoms with Gasteiger partial charge in [-0.3, -0.25) is 4.79 Å². The van der Waals surface area contributed by atoms with E-state index in [1.54, 1.807) is 24.3 Å². The van der Waals surface area contributed by atoms with E-state index in [-0.39, 0.29) is 11.3 Å². The Labute approximate surface area is 138 Å². The number of phenols is 1. The number of nitrogens with zero attached hydrogens (tertiary/aromatic N) is 1. The minimum absolute atomic E-state index is 0.148. The number of aromatic carboxylic acids is 1. The standard InChI is InChI=1S/C17H17N3O4/c18-15(9-11-3-7-14(21)8-4-11)16(22)20-19-10-12-1-5-13(6-2-12)17(23)24/h1-8,10,15,21H,9,18H2,(H,20,22)(H,23,24)/b19-10+/t15-/m0/s1. The molecule has 7 heteroatoms. The van der Waals surface area contributed by atoms with Crippen LogP contribution in [0.25, 0.3) is 0 Å². The first kappa shape index (κ1) is 17.2. The summed E-state index contributed by atoms with van der Waals surface area (Å²) in [5.74, 6) is -1.30. The maximum Gasteiger partial charge on any atom is 0.335 e. The number of phenolic OH excluding ortho intramolecular Hbond substituents is 1. The maximum atomic E-state index is 11.9. The summed E-state index contributed by atoms with van der Waals surface area (Å²) in [6, 6.07) is 11.7. The van der Waals surface area contributed by atoms with Crippen molar-refractivity contribution in [3.8, 4) is 5.75 Å². The van der Waals surface area contributed by atoms with Gasteiger partial charge in [0, 0.05) is 0 Å². The van der Waals surface area contributed by atoms with Gasteiger partial charge >= 0.3 is 5.97 Å². The predicted molar refractivity (Wildman–Crippen MR) is 88.9 cm³/mol. The van der Waals surface area contributed by atoms with Gasteiger partial charge in [0.25, 0.3) is 5.91 Å². The summed E-state index contributed by atoms with van der Waals surface area (Å²) >= 11 is 0. The summed E-state index contributed by atoms with van der Waals surface area (Å²) in [6.45, 7) is 0. The van der Waals surface area contributed by atoms with Crippen LogP contribution >= 0.6 is 0 Å². The third kappa shape index (κ3) is 4.92. The molecule has 2 rings (SSSR count). The van der Waals surface area contributed by atoms with Gasteiger partial charge in [0.2, 0.25) is 0 Å². The molecule has 0 heterocycles. The number of carbonyl (C=O) groups excluding carboxylic acids is 1. The van der Waals surface area contributed by atoms with Gasteiger partial charge in [-0.2, -0.15) is 5.10 Å². The predicted octanol–water partition coefficient (Wildman–Crippen LogP) is 1.11. The molecule has 0 aliphatic carbocycles. The number of carboxylic acids is 1. The summed E-state index contributed by atoms with van der Waals surface area (Å²) in [6.07, 6.45) is 1.71. The number of hydrogen-bond acceptors (Lipinski definition) is 5. The van der Waals surface area contributed by atoms with Crippen molar-refractivity contribution >= 4 is 18.1 Å². The van der Waals surface area contributed by atoms with Crippen LogP contribution in [-0.4, -0.2) is 34.3 Å². The average Bonchev–Trinajstić information content (AvgIpc) is 2.57. The molecule has 0 saturated carbocycles. The fraction of sp³-hybridized carbons (Fsp3) is 0.118. The van der Waals surface area contributed by atoms with E-state index >= 15 is 0 Å². The van der Waals surface area contributed by atoms with Gasteiger partial charge in [-0.05, 0) is 41.8 Å². The fourth-order valence-electron chi connectivity index (χ4n) is 1.94. The monoisotopic (exact) mass is 327 g/mol. The molecule has 0 saturated heterocycles. The number of nitrogens with two attached hydrogens (primary N) is 1. The second-order valence-electron chi connectivity index (χ2n) is 5.14. The van der Waals surface area contributed by atoms with Crippen molar-refractivity contribution in [3.05, 3.63) is 65.2 Å². The topological polar surface area (TPSA) is 125 Å². The van der Waals surface area contributed by atoms with Crippen LogP contribution < -0.4 is 11.2 Å². The van der Waals surface area contributed by atoms with Crippen LogP contribution in [0.4, 0.5) is 0 Å². The number of amides is 1. The Morgan fingerprint density at radius 3 is 2.33 bits per heavy atom. The van der Waals surface area contributed by atoms with Crippen LogP contribution in [0.3, 0.4) is 0 Å². The zero-order chi connectivity index (χ0) is 17.5. The number of hydrogen-bond donors (Lipinski definition) is 4. The van der Waals surface area contributed by atoms with E-state index in [1.807, 2.05) is 0 Å². The summed E-state index contributed by atoms with van der Waals surface area (Å²) in [5, 5.41) is 21.8. The lowest BCUT2D eigenvalue weighted by Crippen LogP contribution is -2.39. The Hall–Kier alpha value is -3.19. The minimum atomic E-state index is -1.01. The number of rotatable bonds is 6. The SMILES string of the molecule is N[C@@H](Cc1ccc(O)cc1)C(=O)N/N=C/c1ccc(C(=O)O)cc1. The number of nitrogens with one attached hydrogen (secondary N) is 1. The molecular formula is C17H17N3O4. The van der Waals surface area contributed by atoms with E-state index in [2.05, 4.69) is 10.5 Å². The highest BCUT2D eigenvalue weighted by molar-refractivity contribution is 5.89. The molecule has 0 unspecified atom stereocenters. The molecule has 0 bridgehead atoms. The quantitative estimate of drug-likeness (QED) is 0.467. The van der Waals surface area contributed by atoms with Crippen LogP contribution in [-0.2, 0) is 11.2 Å². The second kappa shape index (κ2) is 7.89. The number of hydrazone groups is 1. The third-order valence-electron chi connectivity index (χ3n) is 3.27. The van der Waals surface area contributed by atoms with Crippen molar-refractivity contribution in [1.29, 1.82) is 0 Å². The van der Waals surface area contributed by atoms with Crippen molar-refractivity contribution in [2.45, 2.75) is 12.5 Å². The van der Waals surface area contributed by atoms with E-state index in [4.69, 9.17) is 10.8 Å². The Bertz CT molecular complexity index is 739. The lowest BCUT2D eigenvalue weighted by atomic mass is 10.1. The van der Waals surface area contributed by atoms with Crippen molar-refractivity contribution in [1.82, 2.24) is 5.43 Å². The van der Waals surface area contributed by atoms with Crippen molar-refractivity contribution in [2.24, 2.45) is 10.8 Å². The van der Waals surface area contributed by atoms with Crippen molar-refractivity contribution in [2.75, 3.05) is 0 Å². The first-order valence-electron chi connectivity index (χ1n) is 7.15. The minimum Gasteiger partial charge on any atom is -0.508 e. The first-order chi connectivity index (χ1) is 11.5. The summed E-state index contributed by atoms with van der Waals surface area (Å²) in [7, 11) is 0. The van der Waals surface area contributed by atoms with Gasteiger partial charge in [0.05, 0.1) is 17.8 Å². The number of carbonyl (C=O) groups is 2. The van der Waals surface area contributed by atoms with Crippen LogP contribution in [0.2, 0.25) is 0 Å². The lowest BCUT2D eigenvalue weighted by molar-refractivity contribution is -0.122. The molecule has 5 N–H and O–H groups in total. The molecule has 0 radical (unpaired) electrons. The highest BCUT2D eigenvalue weighted by Gasteiger charge is 2.13. The third-order valence-corrected chi connectivity index (χ3v) is 3.27. The molecule has 0 aliphatic heterocycles. The van der Waals surface area contributed by atoms with Gasteiger partial charge in [-0.15, -0.1) is 0 Å². The van der Waals surface area contributed by atoms with Crippen LogP contribution in [0.5, 0.6) is 5.75 Å². The second-order valence-corrected chi connectivity index (χ2v) is 5.14. The summed E-state index contributed by atoms with van der Waals surface area (Å²) < 4.78 is 0. The molecule has 124 valence electrons. The molecule has 1 atom stereocenters. The zero-order valence-corrected chi connectivity index (χ0v) is 12.7. The van der Waals surface area contributed by atoms with E-state index < -0.39 is 17.9 Å². The molecular weight excluding hydrogens is 310 g/mol. The molecule has 0 aliphatic rings. The molecule has 2 aromatic carbocycles. The van der Waals surface area contributed by atoms with Gasteiger partial charge in [0.15, 0.2) is 0 Å². The Kier molecular flexibility index (Phi) is 5.64. The Morgan fingerprint density at radius 1 is 1.12 bits per heavy atom. The molecule has 7 nitrogen and oxygen atoms in total. The van der Waals surface area contributed by atoms with Crippen LogP contribution in [0.1, 0.15) is 21.5 Å². The largest absolute Gasteiger partial charge is 0.508 e. The van der Waals surface area contributed by atoms with E-state index in [0.29, 0.717) is 12.0 Å². The highest BCUT2D eigenvalue weighted by Crippen LogP contribution is 2.10. The van der Waals surface area contributed by atoms with Gasteiger partial charge in [-0.25, -0.2) is 10.2 Å². The molecule has 0 aromatic heterocycles.